The van der Waals surface area contributed by atoms with Gasteiger partial charge in [0.15, 0.2) is 0 Å². The van der Waals surface area contributed by atoms with E-state index in [1.165, 1.54) is 0 Å². The fourth-order valence-electron chi connectivity index (χ4n) is 1.43. The van der Waals surface area contributed by atoms with Gasteiger partial charge in [0.05, 0.1) is 12.5 Å². The highest BCUT2D eigenvalue weighted by atomic mass is 16.5. The third-order valence-corrected chi connectivity index (χ3v) is 2.93. The van der Waals surface area contributed by atoms with Crippen LogP contribution in [-0.2, 0) is 9.59 Å². The molecular weight excluding hydrogens is 246 g/mol. The maximum Gasteiger partial charge on any atom is 0.309 e. The van der Waals surface area contributed by atoms with Crippen LogP contribution in [0.3, 0.4) is 0 Å². The number of carboxylic acid groups (broad SMARTS) is 1. The monoisotopic (exact) mass is 265 g/mol. The molecule has 104 valence electrons. The van der Waals surface area contributed by atoms with E-state index in [1.54, 1.807) is 45.2 Å². The Morgan fingerprint density at radius 2 is 1.84 bits per heavy atom. The van der Waals surface area contributed by atoms with E-state index < -0.39 is 11.4 Å². The molecule has 0 atom stereocenters. The van der Waals surface area contributed by atoms with Crippen LogP contribution in [0.25, 0.3) is 0 Å². The van der Waals surface area contributed by atoms with Gasteiger partial charge in [-0.1, -0.05) is 0 Å². The van der Waals surface area contributed by atoms with Gasteiger partial charge in [-0.05, 0) is 44.5 Å². The highest BCUT2D eigenvalue weighted by Crippen LogP contribution is 2.23. The van der Waals surface area contributed by atoms with Crippen LogP contribution < -0.4 is 10.1 Å². The SMILES string of the molecule is COc1ccc(NC(=O)CCC(C)(C)C(=O)O)cc1. The first-order valence-corrected chi connectivity index (χ1v) is 6.02. The van der Waals surface area contributed by atoms with Crippen LogP contribution in [-0.4, -0.2) is 24.1 Å². The van der Waals surface area contributed by atoms with Crippen molar-refractivity contribution >= 4 is 17.6 Å². The summed E-state index contributed by atoms with van der Waals surface area (Å²) >= 11 is 0. The molecule has 0 saturated heterocycles. The molecule has 1 aromatic carbocycles. The van der Waals surface area contributed by atoms with E-state index in [4.69, 9.17) is 9.84 Å². The van der Waals surface area contributed by atoms with Crippen molar-refractivity contribution in [3.8, 4) is 5.75 Å². The summed E-state index contributed by atoms with van der Waals surface area (Å²) in [6, 6.07) is 6.96. The lowest BCUT2D eigenvalue weighted by Crippen LogP contribution is -2.25. The van der Waals surface area contributed by atoms with Gasteiger partial charge in [-0.2, -0.15) is 0 Å². The molecule has 0 aliphatic carbocycles. The van der Waals surface area contributed by atoms with Crippen LogP contribution in [0.5, 0.6) is 5.75 Å². The van der Waals surface area contributed by atoms with Gasteiger partial charge in [-0.15, -0.1) is 0 Å². The standard InChI is InChI=1S/C14H19NO4/c1-14(2,13(17)18)9-8-12(16)15-10-4-6-11(19-3)7-5-10/h4-7H,8-9H2,1-3H3,(H,15,16)(H,17,18). The zero-order valence-electron chi connectivity index (χ0n) is 11.4. The molecule has 0 unspecified atom stereocenters. The molecule has 0 spiro atoms. The molecule has 0 heterocycles. The maximum atomic E-state index is 11.7. The second-order valence-corrected chi connectivity index (χ2v) is 4.97. The van der Waals surface area contributed by atoms with Crippen LogP contribution in [0.4, 0.5) is 5.69 Å². The average molecular weight is 265 g/mol. The second-order valence-electron chi connectivity index (χ2n) is 4.97. The first-order chi connectivity index (χ1) is 8.85. The van der Waals surface area contributed by atoms with Crippen molar-refractivity contribution < 1.29 is 19.4 Å². The smallest absolute Gasteiger partial charge is 0.309 e. The predicted octanol–water partition coefficient (Wildman–Crippen LogP) is 2.52. The van der Waals surface area contributed by atoms with Crippen LogP contribution in [0.1, 0.15) is 26.7 Å². The molecule has 0 fully saturated rings. The summed E-state index contributed by atoms with van der Waals surface area (Å²) in [6.45, 7) is 3.21. The number of hydrogen-bond donors (Lipinski definition) is 2. The molecule has 0 saturated carbocycles. The molecule has 0 bridgehead atoms. The molecule has 0 radical (unpaired) electrons. The molecular formula is C14H19NO4. The number of carboxylic acids is 1. The van der Waals surface area contributed by atoms with Crippen molar-refractivity contribution in [3.63, 3.8) is 0 Å². The molecule has 1 rings (SSSR count). The lowest BCUT2D eigenvalue weighted by molar-refractivity contribution is -0.147. The van der Waals surface area contributed by atoms with E-state index in [0.717, 1.165) is 0 Å². The van der Waals surface area contributed by atoms with Crippen molar-refractivity contribution in [2.75, 3.05) is 12.4 Å². The van der Waals surface area contributed by atoms with Crippen LogP contribution >= 0.6 is 0 Å². The van der Waals surface area contributed by atoms with Gasteiger partial charge in [-0.3, -0.25) is 9.59 Å². The number of methoxy groups -OCH3 is 1. The molecule has 2 N–H and O–H groups in total. The number of carbonyl (C=O) groups is 2. The van der Waals surface area contributed by atoms with E-state index in [2.05, 4.69) is 5.32 Å². The molecule has 1 amide bonds. The van der Waals surface area contributed by atoms with E-state index in [9.17, 15) is 9.59 Å². The average Bonchev–Trinajstić information content (AvgIpc) is 2.37. The summed E-state index contributed by atoms with van der Waals surface area (Å²) in [7, 11) is 1.57. The summed E-state index contributed by atoms with van der Waals surface area (Å²) in [5, 5.41) is 11.7. The summed E-state index contributed by atoms with van der Waals surface area (Å²) < 4.78 is 5.01. The van der Waals surface area contributed by atoms with Crippen molar-refractivity contribution in [3.05, 3.63) is 24.3 Å². The highest BCUT2D eigenvalue weighted by Gasteiger charge is 2.27. The quantitative estimate of drug-likeness (QED) is 0.828. The maximum absolute atomic E-state index is 11.7. The first-order valence-electron chi connectivity index (χ1n) is 6.02. The number of amides is 1. The van der Waals surface area contributed by atoms with Gasteiger partial charge < -0.3 is 15.2 Å². The largest absolute Gasteiger partial charge is 0.497 e. The molecule has 5 heteroatoms. The zero-order chi connectivity index (χ0) is 14.5. The third kappa shape index (κ3) is 4.62. The fourth-order valence-corrected chi connectivity index (χ4v) is 1.43. The lowest BCUT2D eigenvalue weighted by Gasteiger charge is -2.18. The number of rotatable bonds is 6. The fraction of sp³-hybridized carbons (Fsp3) is 0.429. The van der Waals surface area contributed by atoms with Gasteiger partial charge in [0.25, 0.3) is 0 Å². The van der Waals surface area contributed by atoms with E-state index in [-0.39, 0.29) is 12.3 Å². The summed E-state index contributed by atoms with van der Waals surface area (Å²) in [6.07, 6.45) is 0.468. The van der Waals surface area contributed by atoms with Gasteiger partial charge in [0.2, 0.25) is 5.91 Å². The lowest BCUT2D eigenvalue weighted by atomic mass is 9.88. The number of carbonyl (C=O) groups excluding carboxylic acids is 1. The number of ether oxygens (including phenoxy) is 1. The molecule has 19 heavy (non-hydrogen) atoms. The Labute approximate surface area is 112 Å². The Bertz CT molecular complexity index is 451. The molecule has 1 aromatic rings. The minimum Gasteiger partial charge on any atom is -0.497 e. The van der Waals surface area contributed by atoms with Gasteiger partial charge in [0.1, 0.15) is 5.75 Å². The second kappa shape index (κ2) is 6.22. The molecule has 0 aromatic heterocycles. The predicted molar refractivity (Wildman–Crippen MR) is 72.3 cm³/mol. The van der Waals surface area contributed by atoms with Crippen molar-refractivity contribution in [1.29, 1.82) is 0 Å². The Hall–Kier alpha value is -2.04. The highest BCUT2D eigenvalue weighted by molar-refractivity contribution is 5.91. The number of anilines is 1. The molecule has 0 aliphatic rings. The number of nitrogens with one attached hydrogen (secondary N) is 1. The number of benzene rings is 1. The van der Waals surface area contributed by atoms with E-state index >= 15 is 0 Å². The Balaban J connectivity index is 2.49. The Kier molecular flexibility index (Phi) is 4.92. The minimum absolute atomic E-state index is 0.172. The van der Waals surface area contributed by atoms with Crippen molar-refractivity contribution in [2.24, 2.45) is 5.41 Å². The third-order valence-electron chi connectivity index (χ3n) is 2.93. The Morgan fingerprint density at radius 1 is 1.26 bits per heavy atom. The summed E-state index contributed by atoms with van der Waals surface area (Å²) in [4.78, 5) is 22.6. The van der Waals surface area contributed by atoms with Crippen LogP contribution in [0, 0.1) is 5.41 Å². The van der Waals surface area contributed by atoms with Crippen LogP contribution in [0.15, 0.2) is 24.3 Å². The van der Waals surface area contributed by atoms with E-state index in [0.29, 0.717) is 17.9 Å². The Morgan fingerprint density at radius 3 is 2.32 bits per heavy atom. The number of aliphatic carboxylic acids is 1. The topological polar surface area (TPSA) is 75.6 Å². The van der Waals surface area contributed by atoms with Gasteiger partial charge in [0, 0.05) is 12.1 Å². The van der Waals surface area contributed by atoms with Gasteiger partial charge in [-0.25, -0.2) is 0 Å². The molecule has 0 aliphatic heterocycles. The normalized spacial score (nSPS) is 10.9. The van der Waals surface area contributed by atoms with E-state index in [1.807, 2.05) is 0 Å². The number of hydrogen-bond acceptors (Lipinski definition) is 3. The summed E-state index contributed by atoms with van der Waals surface area (Å²) in [5.74, 6) is -0.380. The van der Waals surface area contributed by atoms with Crippen molar-refractivity contribution in [1.82, 2.24) is 0 Å². The van der Waals surface area contributed by atoms with Crippen LogP contribution in [0.2, 0.25) is 0 Å². The van der Waals surface area contributed by atoms with Gasteiger partial charge >= 0.3 is 5.97 Å². The first kappa shape index (κ1) is 15.0. The van der Waals surface area contributed by atoms with Crippen molar-refractivity contribution in [2.45, 2.75) is 26.7 Å². The zero-order valence-corrected chi connectivity index (χ0v) is 11.4. The summed E-state index contributed by atoms with van der Waals surface area (Å²) in [5.41, 5.74) is -0.226. The minimum atomic E-state index is -0.898. The molecule has 5 nitrogen and oxygen atoms in total.